The molecule has 0 bridgehead atoms. The smallest absolute Gasteiger partial charge is 0.266 e. The van der Waals surface area contributed by atoms with Crippen molar-refractivity contribution in [2.45, 2.75) is 0 Å². The fourth-order valence-electron chi connectivity index (χ4n) is 1.91. The van der Waals surface area contributed by atoms with Crippen molar-refractivity contribution >= 4 is 12.2 Å². The van der Waals surface area contributed by atoms with Gasteiger partial charge in [-0.25, -0.2) is 0 Å². The molecule has 3 rings (SSSR count). The zero-order valence-corrected chi connectivity index (χ0v) is 10.8. The molecule has 94 valence electrons. The molecule has 1 aromatic heterocycles. The van der Waals surface area contributed by atoms with Crippen molar-refractivity contribution in [1.29, 1.82) is 0 Å². The maximum atomic E-state index is 9.27. The molecular formula is C15H11NO2S. The van der Waals surface area contributed by atoms with E-state index in [1.165, 1.54) is 0 Å². The lowest BCUT2D eigenvalue weighted by Crippen LogP contribution is -1.78. The van der Waals surface area contributed by atoms with E-state index in [4.69, 9.17) is 16.6 Å². The van der Waals surface area contributed by atoms with Gasteiger partial charge >= 0.3 is 0 Å². The highest BCUT2D eigenvalue weighted by Crippen LogP contribution is 2.25. The summed E-state index contributed by atoms with van der Waals surface area (Å²) in [5, 5.41) is 9.27. The minimum absolute atomic E-state index is 0.268. The van der Waals surface area contributed by atoms with Gasteiger partial charge in [0.15, 0.2) is 5.76 Å². The van der Waals surface area contributed by atoms with Gasteiger partial charge in [-0.2, -0.15) is 0 Å². The van der Waals surface area contributed by atoms with Gasteiger partial charge in [0.2, 0.25) is 0 Å². The van der Waals surface area contributed by atoms with Gasteiger partial charge in [-0.05, 0) is 35.5 Å². The van der Waals surface area contributed by atoms with E-state index in [1.54, 1.807) is 18.3 Å². The first-order valence-electron chi connectivity index (χ1n) is 5.81. The molecule has 3 nitrogen and oxygen atoms in total. The van der Waals surface area contributed by atoms with Gasteiger partial charge in [0.25, 0.3) is 4.84 Å². The highest BCUT2D eigenvalue weighted by Gasteiger charge is 2.03. The molecule has 0 amide bonds. The molecule has 0 atom stereocenters. The molecule has 1 heterocycles. The normalized spacial score (nSPS) is 10.5. The SMILES string of the molecule is Oc1ccc(-c2ccc(-c3c[nH]c(=S)o3)cc2)cc1. The third-order valence-corrected chi connectivity index (χ3v) is 3.10. The van der Waals surface area contributed by atoms with Crippen molar-refractivity contribution in [2.24, 2.45) is 0 Å². The molecule has 0 spiro atoms. The van der Waals surface area contributed by atoms with Crippen LogP contribution in [-0.2, 0) is 0 Å². The van der Waals surface area contributed by atoms with Crippen molar-refractivity contribution in [1.82, 2.24) is 4.98 Å². The first kappa shape index (κ1) is 11.7. The number of phenolic OH excluding ortho intramolecular Hbond substituents is 1. The van der Waals surface area contributed by atoms with Crippen LogP contribution in [0.15, 0.2) is 59.1 Å². The van der Waals surface area contributed by atoms with E-state index in [0.717, 1.165) is 22.5 Å². The Morgan fingerprint density at radius 1 is 0.842 bits per heavy atom. The van der Waals surface area contributed by atoms with Crippen LogP contribution in [0, 0.1) is 4.84 Å². The molecule has 19 heavy (non-hydrogen) atoms. The maximum absolute atomic E-state index is 9.27. The topological polar surface area (TPSA) is 49.2 Å². The second-order valence-corrected chi connectivity index (χ2v) is 4.54. The van der Waals surface area contributed by atoms with Crippen molar-refractivity contribution in [3.8, 4) is 28.2 Å². The van der Waals surface area contributed by atoms with E-state index in [2.05, 4.69) is 4.98 Å². The number of hydrogen-bond acceptors (Lipinski definition) is 3. The van der Waals surface area contributed by atoms with Crippen LogP contribution in [0.5, 0.6) is 5.75 Å². The Morgan fingerprint density at radius 2 is 1.37 bits per heavy atom. The molecule has 0 unspecified atom stereocenters. The highest BCUT2D eigenvalue weighted by atomic mass is 32.1. The summed E-state index contributed by atoms with van der Waals surface area (Å²) in [4.78, 5) is 3.21. The molecule has 2 aromatic carbocycles. The summed E-state index contributed by atoms with van der Waals surface area (Å²) in [6.07, 6.45) is 1.75. The fourth-order valence-corrected chi connectivity index (χ4v) is 2.06. The van der Waals surface area contributed by atoms with E-state index >= 15 is 0 Å². The third-order valence-electron chi connectivity index (χ3n) is 2.89. The summed E-state index contributed by atoms with van der Waals surface area (Å²) in [6, 6.07) is 15.1. The van der Waals surface area contributed by atoms with E-state index in [1.807, 2.05) is 36.4 Å². The molecule has 2 N–H and O–H groups in total. The van der Waals surface area contributed by atoms with E-state index in [9.17, 15) is 5.11 Å². The number of aromatic hydroxyl groups is 1. The van der Waals surface area contributed by atoms with Crippen molar-refractivity contribution in [3.63, 3.8) is 0 Å². The molecule has 4 heteroatoms. The van der Waals surface area contributed by atoms with Crippen LogP contribution in [0.3, 0.4) is 0 Å². The van der Waals surface area contributed by atoms with Gasteiger partial charge in [0.1, 0.15) is 5.75 Å². The minimum atomic E-state index is 0.268. The van der Waals surface area contributed by atoms with Crippen molar-refractivity contribution in [2.75, 3.05) is 0 Å². The molecule has 0 aliphatic rings. The molecule has 0 aliphatic carbocycles. The molecule has 0 saturated heterocycles. The van der Waals surface area contributed by atoms with Crippen molar-refractivity contribution in [3.05, 3.63) is 59.6 Å². The molecule has 0 saturated carbocycles. The van der Waals surface area contributed by atoms with Crippen LogP contribution >= 0.6 is 12.2 Å². The average Bonchev–Trinajstić information content (AvgIpc) is 2.87. The largest absolute Gasteiger partial charge is 0.508 e. The molecule has 3 aromatic rings. The zero-order chi connectivity index (χ0) is 13.2. The van der Waals surface area contributed by atoms with Gasteiger partial charge < -0.3 is 14.5 Å². The number of rotatable bonds is 2. The Morgan fingerprint density at radius 3 is 1.89 bits per heavy atom. The van der Waals surface area contributed by atoms with Crippen LogP contribution in [-0.4, -0.2) is 10.1 Å². The van der Waals surface area contributed by atoms with Crippen LogP contribution in [0.25, 0.3) is 22.5 Å². The summed E-state index contributed by atoms with van der Waals surface area (Å²) in [5.74, 6) is 0.992. The number of phenols is 1. The van der Waals surface area contributed by atoms with Crippen molar-refractivity contribution < 1.29 is 9.52 Å². The molecule has 0 fully saturated rings. The van der Waals surface area contributed by atoms with E-state index in [-0.39, 0.29) is 5.75 Å². The number of benzene rings is 2. The van der Waals surface area contributed by atoms with Crippen LogP contribution in [0.2, 0.25) is 0 Å². The number of aromatic amines is 1. The Labute approximate surface area is 115 Å². The summed E-state index contributed by atoms with van der Waals surface area (Å²) in [7, 11) is 0. The predicted molar refractivity (Wildman–Crippen MR) is 76.4 cm³/mol. The number of aromatic nitrogens is 1. The average molecular weight is 269 g/mol. The molecule has 0 aliphatic heterocycles. The van der Waals surface area contributed by atoms with Crippen LogP contribution in [0.1, 0.15) is 0 Å². The summed E-state index contributed by atoms with van der Waals surface area (Å²) in [6.45, 7) is 0. The van der Waals surface area contributed by atoms with Crippen LogP contribution in [0.4, 0.5) is 0 Å². The number of H-pyrrole nitrogens is 1. The number of oxazole rings is 1. The summed E-state index contributed by atoms with van der Waals surface area (Å²) >= 11 is 4.90. The predicted octanol–water partition coefficient (Wildman–Crippen LogP) is 4.38. The minimum Gasteiger partial charge on any atom is -0.508 e. The second-order valence-electron chi connectivity index (χ2n) is 4.17. The quantitative estimate of drug-likeness (QED) is 0.679. The standard InChI is InChI=1S/C15H11NO2S/c17-13-7-5-11(6-8-13)10-1-3-12(4-2-10)14-9-16-15(19)18-14/h1-9,17H,(H,16,19). The first-order valence-corrected chi connectivity index (χ1v) is 6.21. The Kier molecular flexibility index (Phi) is 2.93. The lowest BCUT2D eigenvalue weighted by atomic mass is 10.0. The lowest BCUT2D eigenvalue weighted by Gasteiger charge is -2.03. The second kappa shape index (κ2) is 4.74. The van der Waals surface area contributed by atoms with Gasteiger partial charge in [-0.3, -0.25) is 0 Å². The summed E-state index contributed by atoms with van der Waals surface area (Å²) < 4.78 is 5.36. The monoisotopic (exact) mass is 269 g/mol. The Bertz CT molecular complexity index is 739. The number of nitrogens with one attached hydrogen (secondary N) is 1. The van der Waals surface area contributed by atoms with Gasteiger partial charge in [0, 0.05) is 11.8 Å². The fraction of sp³-hybridized carbons (Fsp3) is 0. The highest BCUT2D eigenvalue weighted by molar-refractivity contribution is 7.71. The molecular weight excluding hydrogens is 258 g/mol. The van der Waals surface area contributed by atoms with E-state index in [0.29, 0.717) is 4.84 Å². The number of hydrogen-bond donors (Lipinski definition) is 2. The lowest BCUT2D eigenvalue weighted by molar-refractivity contribution is 0.475. The van der Waals surface area contributed by atoms with Crippen LogP contribution < -0.4 is 0 Å². The van der Waals surface area contributed by atoms with E-state index < -0.39 is 0 Å². The molecule has 0 radical (unpaired) electrons. The third kappa shape index (κ3) is 2.44. The Balaban J connectivity index is 1.94. The zero-order valence-electron chi connectivity index (χ0n) is 9.96. The summed E-state index contributed by atoms with van der Waals surface area (Å²) in [5.41, 5.74) is 3.10. The van der Waals surface area contributed by atoms with Gasteiger partial charge in [0.05, 0.1) is 0 Å². The Hall–Kier alpha value is -2.33. The van der Waals surface area contributed by atoms with Gasteiger partial charge in [-0.1, -0.05) is 36.4 Å². The van der Waals surface area contributed by atoms with Gasteiger partial charge in [-0.15, -0.1) is 0 Å². The first-order chi connectivity index (χ1) is 9.22. The maximum Gasteiger partial charge on any atom is 0.266 e.